The molecule has 0 aliphatic carbocycles. The molecule has 0 bridgehead atoms. The number of carbonyl (C=O) groups excluding carboxylic acids is 1. The van der Waals surface area contributed by atoms with Gasteiger partial charge in [0, 0.05) is 6.26 Å². The second kappa shape index (κ2) is 7.59. The summed E-state index contributed by atoms with van der Waals surface area (Å²) in [4.78, 5) is 17.0. The second-order valence-electron chi connectivity index (χ2n) is 6.81. The average Bonchev–Trinajstić information content (AvgIpc) is 3.34. The average molecular weight is 477 g/mol. The van der Waals surface area contributed by atoms with Crippen LogP contribution in [0.3, 0.4) is 0 Å². The van der Waals surface area contributed by atoms with E-state index in [-0.39, 0.29) is 25.8 Å². The lowest BCUT2D eigenvalue weighted by atomic mass is 10.2. The Hall–Kier alpha value is -3.02. The summed E-state index contributed by atoms with van der Waals surface area (Å²) in [6.45, 7) is 1.84. The maximum atomic E-state index is 12.7. The SMILES string of the molecule is Cc1ccc(S(=O)(=O)c2ccc(C(=O)Nc3nc4ccc(S(C)(=O)=O)cc4s3)o2)cc1. The van der Waals surface area contributed by atoms with Crippen molar-refractivity contribution in [3.8, 4) is 0 Å². The van der Waals surface area contributed by atoms with Gasteiger partial charge in [0.25, 0.3) is 5.91 Å². The molecule has 0 radical (unpaired) electrons. The van der Waals surface area contributed by atoms with E-state index in [0.29, 0.717) is 10.2 Å². The summed E-state index contributed by atoms with van der Waals surface area (Å²) in [5, 5.41) is 2.43. The molecular weight excluding hydrogens is 460 g/mol. The van der Waals surface area contributed by atoms with Gasteiger partial charge in [-0.15, -0.1) is 0 Å². The molecule has 1 N–H and O–H groups in total. The minimum atomic E-state index is -3.90. The van der Waals surface area contributed by atoms with Gasteiger partial charge in [0.05, 0.1) is 20.0 Å². The number of thiazole rings is 1. The number of aromatic nitrogens is 1. The monoisotopic (exact) mass is 476 g/mol. The molecule has 0 spiro atoms. The molecule has 31 heavy (non-hydrogen) atoms. The van der Waals surface area contributed by atoms with Crippen molar-refractivity contribution in [1.29, 1.82) is 0 Å². The highest BCUT2D eigenvalue weighted by Gasteiger charge is 2.24. The molecule has 0 saturated carbocycles. The lowest BCUT2D eigenvalue weighted by Gasteiger charge is -2.02. The number of hydrogen-bond acceptors (Lipinski definition) is 8. The Morgan fingerprint density at radius 3 is 2.32 bits per heavy atom. The van der Waals surface area contributed by atoms with E-state index in [9.17, 15) is 21.6 Å². The third kappa shape index (κ3) is 4.24. The van der Waals surface area contributed by atoms with Crippen LogP contribution in [0.1, 0.15) is 16.1 Å². The highest BCUT2D eigenvalue weighted by atomic mass is 32.2. The summed E-state index contributed by atoms with van der Waals surface area (Å²) < 4.78 is 54.7. The van der Waals surface area contributed by atoms with Crippen LogP contribution in [0.25, 0.3) is 10.2 Å². The van der Waals surface area contributed by atoms with Crippen molar-refractivity contribution in [3.63, 3.8) is 0 Å². The summed E-state index contributed by atoms with van der Waals surface area (Å²) in [5.41, 5.74) is 1.44. The first-order valence-corrected chi connectivity index (χ1v) is 13.1. The van der Waals surface area contributed by atoms with Gasteiger partial charge >= 0.3 is 0 Å². The molecule has 0 aliphatic heterocycles. The molecular formula is C20H16N2O6S3. The van der Waals surface area contributed by atoms with Gasteiger partial charge in [-0.1, -0.05) is 29.0 Å². The van der Waals surface area contributed by atoms with E-state index in [1.165, 1.54) is 36.4 Å². The van der Waals surface area contributed by atoms with Gasteiger partial charge in [-0.3, -0.25) is 10.1 Å². The predicted octanol–water partition coefficient (Wildman–Crippen LogP) is 3.69. The molecule has 0 unspecified atom stereocenters. The Labute approximate surface area is 182 Å². The van der Waals surface area contributed by atoms with Crippen LogP contribution in [0, 0.1) is 6.92 Å². The number of carbonyl (C=O) groups is 1. The fourth-order valence-corrected chi connectivity index (χ4v) is 5.56. The summed E-state index contributed by atoms with van der Waals surface area (Å²) in [7, 11) is -7.27. The Morgan fingerprint density at radius 2 is 1.65 bits per heavy atom. The Morgan fingerprint density at radius 1 is 0.968 bits per heavy atom. The topological polar surface area (TPSA) is 123 Å². The molecule has 2 heterocycles. The van der Waals surface area contributed by atoms with Crippen LogP contribution in [0.15, 0.2) is 73.9 Å². The number of nitrogens with one attached hydrogen (secondary N) is 1. The number of rotatable bonds is 5. The molecule has 2 aromatic heterocycles. The zero-order valence-corrected chi connectivity index (χ0v) is 18.8. The summed E-state index contributed by atoms with van der Waals surface area (Å²) in [5.74, 6) is -0.866. The molecule has 0 fully saturated rings. The molecule has 11 heteroatoms. The number of anilines is 1. The van der Waals surface area contributed by atoms with Crippen molar-refractivity contribution in [2.75, 3.05) is 11.6 Å². The van der Waals surface area contributed by atoms with Crippen molar-refractivity contribution < 1.29 is 26.0 Å². The number of benzene rings is 2. The van der Waals surface area contributed by atoms with Crippen molar-refractivity contribution in [1.82, 2.24) is 4.98 Å². The normalized spacial score (nSPS) is 12.2. The predicted molar refractivity (Wildman–Crippen MR) is 116 cm³/mol. The van der Waals surface area contributed by atoms with E-state index in [1.807, 2.05) is 6.92 Å². The van der Waals surface area contributed by atoms with Crippen molar-refractivity contribution in [2.24, 2.45) is 0 Å². The number of aryl methyl sites for hydroxylation is 1. The van der Waals surface area contributed by atoms with Crippen molar-refractivity contribution >= 4 is 52.3 Å². The second-order valence-corrected chi connectivity index (χ2v) is 11.7. The van der Waals surface area contributed by atoms with Gasteiger partial charge in [0.15, 0.2) is 20.7 Å². The third-order valence-electron chi connectivity index (χ3n) is 4.41. The number of sulfone groups is 2. The first kappa shape index (κ1) is 21.2. The zero-order valence-electron chi connectivity index (χ0n) is 16.3. The molecule has 0 atom stereocenters. The smallest absolute Gasteiger partial charge is 0.293 e. The van der Waals surface area contributed by atoms with Gasteiger partial charge in [0.2, 0.25) is 14.9 Å². The maximum Gasteiger partial charge on any atom is 0.293 e. The first-order valence-electron chi connectivity index (χ1n) is 8.88. The lowest BCUT2D eigenvalue weighted by molar-refractivity contribution is 0.0991. The molecule has 2 aromatic carbocycles. The summed E-state index contributed by atoms with van der Waals surface area (Å²) in [6.07, 6.45) is 1.11. The summed E-state index contributed by atoms with van der Waals surface area (Å²) in [6, 6.07) is 13.3. The van der Waals surface area contributed by atoms with E-state index in [4.69, 9.17) is 4.42 Å². The minimum absolute atomic E-state index is 0.0623. The Bertz CT molecular complexity index is 1510. The van der Waals surface area contributed by atoms with E-state index < -0.39 is 25.6 Å². The fourth-order valence-electron chi connectivity index (χ4n) is 2.77. The van der Waals surface area contributed by atoms with Crippen LogP contribution in [0.5, 0.6) is 0 Å². The van der Waals surface area contributed by atoms with Crippen molar-refractivity contribution in [3.05, 3.63) is 65.9 Å². The fraction of sp³-hybridized carbons (Fsp3) is 0.100. The third-order valence-corrected chi connectivity index (χ3v) is 8.10. The summed E-state index contributed by atoms with van der Waals surface area (Å²) >= 11 is 1.09. The number of furan rings is 1. The van der Waals surface area contributed by atoms with Crippen LogP contribution >= 0.6 is 11.3 Å². The molecule has 1 amide bonds. The van der Waals surface area contributed by atoms with Crippen LogP contribution in [-0.2, 0) is 19.7 Å². The standard InChI is InChI=1S/C20H16N2O6S3/c1-12-3-5-13(6-4-12)31(26,27)18-10-9-16(28-18)19(23)22-20-21-15-8-7-14(30(2,24)25)11-17(15)29-20/h3-11H,1-2H3,(H,21,22,23). The van der Waals surface area contributed by atoms with Crippen molar-refractivity contribution in [2.45, 2.75) is 21.8 Å². The van der Waals surface area contributed by atoms with Gasteiger partial charge in [-0.25, -0.2) is 21.8 Å². The number of hydrogen-bond donors (Lipinski definition) is 1. The minimum Gasteiger partial charge on any atom is -0.439 e. The highest BCUT2D eigenvalue weighted by molar-refractivity contribution is 7.91. The van der Waals surface area contributed by atoms with E-state index in [1.54, 1.807) is 18.2 Å². The van der Waals surface area contributed by atoms with Crippen LogP contribution in [0.4, 0.5) is 5.13 Å². The highest BCUT2D eigenvalue weighted by Crippen LogP contribution is 2.29. The number of nitrogens with zero attached hydrogens (tertiary/aromatic N) is 1. The maximum absolute atomic E-state index is 12.7. The van der Waals surface area contributed by atoms with Gasteiger partial charge < -0.3 is 4.42 Å². The quantitative estimate of drug-likeness (QED) is 0.466. The largest absolute Gasteiger partial charge is 0.439 e. The van der Waals surface area contributed by atoms with Gasteiger partial charge in [0.1, 0.15) is 0 Å². The van der Waals surface area contributed by atoms with E-state index in [2.05, 4.69) is 10.3 Å². The lowest BCUT2D eigenvalue weighted by Crippen LogP contribution is -2.10. The Balaban J connectivity index is 1.57. The molecule has 160 valence electrons. The molecule has 8 nitrogen and oxygen atoms in total. The van der Waals surface area contributed by atoms with Crippen LogP contribution in [-0.4, -0.2) is 34.0 Å². The first-order chi connectivity index (χ1) is 14.5. The van der Waals surface area contributed by atoms with E-state index >= 15 is 0 Å². The number of amides is 1. The molecule has 0 saturated heterocycles. The van der Waals surface area contributed by atoms with Crippen LogP contribution in [0.2, 0.25) is 0 Å². The van der Waals surface area contributed by atoms with Crippen LogP contribution < -0.4 is 5.32 Å². The molecule has 0 aliphatic rings. The number of fused-ring (bicyclic) bond motifs is 1. The molecule has 4 rings (SSSR count). The Kier molecular flexibility index (Phi) is 5.20. The van der Waals surface area contributed by atoms with E-state index in [0.717, 1.165) is 23.2 Å². The van der Waals surface area contributed by atoms with Gasteiger partial charge in [-0.2, -0.15) is 0 Å². The van der Waals surface area contributed by atoms with Gasteiger partial charge in [-0.05, 0) is 49.4 Å². The molecule has 4 aromatic rings. The zero-order chi connectivity index (χ0) is 22.4.